The molecule has 1 saturated carbocycles. The van der Waals surface area contributed by atoms with E-state index in [1.54, 1.807) is 7.05 Å². The van der Waals surface area contributed by atoms with Gasteiger partial charge in [-0.05, 0) is 41.8 Å². The number of halogens is 1. The minimum atomic E-state index is -1.35. The highest BCUT2D eigenvalue weighted by Crippen LogP contribution is 2.39. The number of carbonyl (C=O) groups excluding carboxylic acids is 2. The van der Waals surface area contributed by atoms with Gasteiger partial charge in [0.05, 0.1) is 31.8 Å². The van der Waals surface area contributed by atoms with Crippen molar-refractivity contribution in [2.45, 2.75) is 65.2 Å². The summed E-state index contributed by atoms with van der Waals surface area (Å²) < 4.78 is 19.6. The number of unbranched alkanes of at least 4 members (excludes halogenated alkanes) is 1. The number of hydrogen-bond acceptors (Lipinski definition) is 10. The third kappa shape index (κ3) is 10.4. The zero-order chi connectivity index (χ0) is 32.8. The minimum absolute atomic E-state index is 0.00550. The molecule has 0 atom stereocenters. The van der Waals surface area contributed by atoms with Crippen molar-refractivity contribution >= 4 is 46.4 Å². The van der Waals surface area contributed by atoms with Crippen molar-refractivity contribution in [1.82, 2.24) is 4.90 Å². The van der Waals surface area contributed by atoms with Gasteiger partial charge in [0.2, 0.25) is 5.75 Å². The first-order chi connectivity index (χ1) is 21.0. The number of thioether (sulfide) groups is 1. The van der Waals surface area contributed by atoms with E-state index in [0.717, 1.165) is 37.3 Å². The Morgan fingerprint density at radius 2 is 1.57 bits per heavy atom. The number of hydrogen-bond donors (Lipinski definition) is 0. The predicted molar refractivity (Wildman–Crippen MR) is 164 cm³/mol. The number of benzene rings is 2. The molecule has 44 heavy (non-hydrogen) atoms. The maximum absolute atomic E-state index is 14.4. The van der Waals surface area contributed by atoms with Gasteiger partial charge in [0.1, 0.15) is 0 Å². The van der Waals surface area contributed by atoms with Crippen LogP contribution in [0.2, 0.25) is 0 Å². The molecule has 13 nitrogen and oxygen atoms in total. The van der Waals surface area contributed by atoms with Gasteiger partial charge >= 0.3 is 17.1 Å². The quantitative estimate of drug-likeness (QED) is 0.0683. The van der Waals surface area contributed by atoms with Crippen molar-refractivity contribution in [2.24, 2.45) is 5.92 Å². The van der Waals surface area contributed by atoms with Gasteiger partial charge in [0.25, 0.3) is 5.24 Å². The fraction of sp³-hybridized carbons (Fsp3) is 0.448. The van der Waals surface area contributed by atoms with Crippen molar-refractivity contribution in [2.75, 3.05) is 13.6 Å². The summed E-state index contributed by atoms with van der Waals surface area (Å²) >= 11 is 0.675. The van der Waals surface area contributed by atoms with E-state index in [4.69, 9.17) is 4.74 Å². The van der Waals surface area contributed by atoms with Crippen LogP contribution >= 0.6 is 11.8 Å². The average Bonchev–Trinajstić information content (AvgIpc) is 3.01. The Kier molecular flexibility index (Phi) is 14.4. The van der Waals surface area contributed by atoms with Gasteiger partial charge in [-0.25, -0.2) is 4.39 Å². The molecule has 1 aliphatic carbocycles. The van der Waals surface area contributed by atoms with E-state index in [9.17, 15) is 44.3 Å². The van der Waals surface area contributed by atoms with Crippen LogP contribution in [0.3, 0.4) is 0 Å². The highest BCUT2D eigenvalue weighted by Gasteiger charge is 2.29. The van der Waals surface area contributed by atoms with E-state index in [1.807, 2.05) is 13.8 Å². The molecule has 15 heteroatoms. The Hall–Kier alpha value is -4.40. The van der Waals surface area contributed by atoms with E-state index in [-0.39, 0.29) is 21.8 Å². The zero-order valence-corrected chi connectivity index (χ0v) is 25.5. The van der Waals surface area contributed by atoms with E-state index >= 15 is 0 Å². The van der Waals surface area contributed by atoms with Gasteiger partial charge in [-0.2, -0.15) is 0 Å². The van der Waals surface area contributed by atoms with Crippen LogP contribution in [0.25, 0.3) is 6.08 Å². The monoisotopic (exact) mass is 634 g/mol. The molecule has 0 spiro atoms. The molecule has 0 aromatic heterocycles. The van der Waals surface area contributed by atoms with Gasteiger partial charge in [0, 0.05) is 19.7 Å². The van der Waals surface area contributed by atoms with E-state index in [0.29, 0.717) is 30.7 Å². The summed E-state index contributed by atoms with van der Waals surface area (Å²) in [4.78, 5) is 56.6. The molecule has 2 aromatic rings. The molecule has 2 aromatic carbocycles. The molecule has 238 valence electrons. The van der Waals surface area contributed by atoms with Gasteiger partial charge in [-0.15, -0.1) is 0 Å². The largest absolute Gasteiger partial charge is 0.447 e. The summed E-state index contributed by atoms with van der Waals surface area (Å²) in [7, 11) is 1.64. The number of aldehydes is 1. The molecule has 0 radical (unpaired) electrons. The highest BCUT2D eigenvalue weighted by atomic mass is 32.2. The van der Waals surface area contributed by atoms with Crippen LogP contribution in [0.4, 0.5) is 26.2 Å². The highest BCUT2D eigenvalue weighted by molar-refractivity contribution is 8.17. The Labute approximate surface area is 257 Å². The average molecular weight is 635 g/mol. The lowest BCUT2D eigenvalue weighted by Gasteiger charge is -2.22. The Balaban J connectivity index is 0.00000330. The van der Waals surface area contributed by atoms with E-state index in [1.165, 1.54) is 49.1 Å². The molecule has 0 bridgehead atoms. The second-order valence-corrected chi connectivity index (χ2v) is 10.9. The summed E-state index contributed by atoms with van der Waals surface area (Å²) in [5.41, 5.74) is -2.70. The standard InChI is InChI=1S/C27H29FN4O9S.C2H6/c1-29(12-6-5-9-18-7-3-2-4-8-18)27(34)42-20(17-33)13-19-10-11-25(24(14-19)32(39)40)41-26-16-23(31(37)38)22(30(35)36)15-21(26)28;1-2/h10-11,13-18H,2-9,12H2,1H3;1-2H3/b20-13-;. The summed E-state index contributed by atoms with van der Waals surface area (Å²) in [5, 5.41) is 33.5. The summed E-state index contributed by atoms with van der Waals surface area (Å²) in [6.45, 7) is 4.53. The molecule has 1 fully saturated rings. The number of ether oxygens (including phenoxy) is 1. The Morgan fingerprint density at radius 3 is 2.16 bits per heavy atom. The van der Waals surface area contributed by atoms with Crippen LogP contribution in [-0.2, 0) is 4.79 Å². The smallest absolute Gasteiger partial charge is 0.349 e. The molecular formula is C29H35FN4O9S. The number of carbonyl (C=O) groups is 2. The van der Waals surface area contributed by atoms with Crippen LogP contribution < -0.4 is 4.74 Å². The van der Waals surface area contributed by atoms with E-state index < -0.39 is 49.1 Å². The summed E-state index contributed by atoms with van der Waals surface area (Å²) in [6, 6.07) is 4.13. The maximum Gasteiger partial charge on any atom is 0.349 e. The van der Waals surface area contributed by atoms with Gasteiger partial charge < -0.3 is 9.64 Å². The topological polar surface area (TPSA) is 176 Å². The van der Waals surface area contributed by atoms with Crippen LogP contribution in [0.15, 0.2) is 35.2 Å². The number of rotatable bonds is 13. The third-order valence-electron chi connectivity index (χ3n) is 6.84. The van der Waals surface area contributed by atoms with E-state index in [2.05, 4.69) is 0 Å². The number of amides is 1. The fourth-order valence-corrected chi connectivity index (χ4v) is 5.35. The Morgan fingerprint density at radius 1 is 0.955 bits per heavy atom. The van der Waals surface area contributed by atoms with Gasteiger partial charge in [0.15, 0.2) is 17.9 Å². The number of nitrogens with zero attached hydrogens (tertiary/aromatic N) is 4. The summed E-state index contributed by atoms with van der Waals surface area (Å²) in [5.74, 6) is -1.94. The molecule has 3 rings (SSSR count). The second kappa shape index (κ2) is 17.7. The van der Waals surface area contributed by atoms with Crippen LogP contribution in [0.5, 0.6) is 11.5 Å². The molecule has 0 saturated heterocycles. The second-order valence-electron chi connectivity index (χ2n) is 9.83. The zero-order valence-electron chi connectivity index (χ0n) is 24.7. The Bertz CT molecular complexity index is 1400. The number of nitro groups is 3. The lowest BCUT2D eigenvalue weighted by atomic mass is 9.86. The minimum Gasteiger partial charge on any atom is -0.447 e. The van der Waals surface area contributed by atoms with Crippen molar-refractivity contribution in [1.29, 1.82) is 0 Å². The maximum atomic E-state index is 14.4. The van der Waals surface area contributed by atoms with Crippen molar-refractivity contribution in [3.8, 4) is 11.5 Å². The van der Waals surface area contributed by atoms with Crippen LogP contribution in [0, 0.1) is 42.1 Å². The van der Waals surface area contributed by atoms with Gasteiger partial charge in [-0.1, -0.05) is 64.9 Å². The molecule has 0 unspecified atom stereocenters. The first-order valence-electron chi connectivity index (χ1n) is 14.2. The van der Waals surface area contributed by atoms with Crippen molar-refractivity contribution in [3.05, 3.63) is 77.0 Å². The normalized spacial score (nSPS) is 13.3. The van der Waals surface area contributed by atoms with Crippen molar-refractivity contribution in [3.63, 3.8) is 0 Å². The SMILES string of the molecule is CC.CN(CCCCC1CCCCC1)C(=O)S/C(C=O)=C\c1ccc(Oc2cc([N+](=O)[O-])c([N+](=O)[O-])cc2F)c([N+](=O)[O-])c1. The first-order valence-corrected chi connectivity index (χ1v) is 15.0. The molecule has 1 aliphatic rings. The summed E-state index contributed by atoms with van der Waals surface area (Å²) in [6.07, 6.45) is 11.1. The predicted octanol–water partition coefficient (Wildman–Crippen LogP) is 8.44. The fourth-order valence-electron chi connectivity index (χ4n) is 4.65. The lowest BCUT2D eigenvalue weighted by molar-refractivity contribution is -0.422. The van der Waals surface area contributed by atoms with Gasteiger partial charge in [-0.3, -0.25) is 39.9 Å². The molecule has 0 heterocycles. The van der Waals surface area contributed by atoms with Crippen molar-refractivity contribution < 1.29 is 33.5 Å². The molecular weight excluding hydrogens is 599 g/mol. The molecule has 1 amide bonds. The first kappa shape index (κ1) is 35.8. The number of allylic oxidation sites excluding steroid dienone is 1. The lowest BCUT2D eigenvalue weighted by Crippen LogP contribution is -2.24. The molecule has 0 N–H and O–H groups in total. The van der Waals surface area contributed by atoms with Crippen LogP contribution in [0.1, 0.15) is 70.8 Å². The van der Waals surface area contributed by atoms with Crippen LogP contribution in [-0.4, -0.2) is 44.8 Å². The number of nitro benzene ring substituents is 3. The third-order valence-corrected chi connectivity index (χ3v) is 7.78. The molecule has 0 aliphatic heterocycles.